The second-order valence-corrected chi connectivity index (χ2v) is 12.0. The number of hydrogen-bond acceptors (Lipinski definition) is 3. The molecule has 4 nitrogen and oxygen atoms in total. The Hall–Kier alpha value is 0.300. The summed E-state index contributed by atoms with van der Waals surface area (Å²) < 4.78 is 29.7. The molecule has 20 heavy (non-hydrogen) atoms. The van der Waals surface area contributed by atoms with Crippen molar-refractivity contribution in [2.45, 2.75) is 59.3 Å². The average molecular weight is 330 g/mol. The maximum absolute atomic E-state index is 9.33. The van der Waals surface area contributed by atoms with Gasteiger partial charge in [0.25, 0.3) is 0 Å². The van der Waals surface area contributed by atoms with E-state index in [0.29, 0.717) is 0 Å². The maximum Gasteiger partial charge on any atom is 0.397 e. The van der Waals surface area contributed by atoms with Crippen LogP contribution in [0.25, 0.3) is 0 Å². The molecule has 0 radical (unpaired) electrons. The van der Waals surface area contributed by atoms with E-state index in [1.807, 2.05) is 0 Å². The molecule has 0 rings (SSSR count). The van der Waals surface area contributed by atoms with Gasteiger partial charge >= 0.3 is 102 Å². The molecule has 0 saturated heterocycles. The number of unbranched alkanes of at least 4 members (excludes halogenated alkanes) is 3. The van der Waals surface area contributed by atoms with Crippen LogP contribution in [0.1, 0.15) is 59.3 Å². The Morgan fingerprint density at radius 3 is 1.30 bits per heavy atom. The first-order chi connectivity index (χ1) is 9.24. The third-order valence-electron chi connectivity index (χ3n) is 3.61. The quantitative estimate of drug-likeness (QED) is 0.481. The van der Waals surface area contributed by atoms with E-state index in [1.165, 1.54) is 38.5 Å². The van der Waals surface area contributed by atoms with Crippen LogP contribution in [-0.4, -0.2) is 45.2 Å². The predicted octanol–water partition coefficient (Wildman–Crippen LogP) is 4.20. The van der Waals surface area contributed by atoms with E-state index < -0.39 is 17.7 Å². The van der Waals surface area contributed by atoms with Crippen LogP contribution in [0.3, 0.4) is 0 Å². The van der Waals surface area contributed by atoms with Crippen LogP contribution in [0.15, 0.2) is 0 Å². The fourth-order valence-electron chi connectivity index (χ4n) is 2.19. The van der Waals surface area contributed by atoms with E-state index >= 15 is 0 Å². The molecule has 0 aromatic rings. The van der Waals surface area contributed by atoms with Crippen LogP contribution in [0.4, 0.5) is 0 Å². The molecule has 0 unspecified atom stereocenters. The van der Waals surface area contributed by atoms with Crippen LogP contribution in [0, 0.1) is 0 Å². The average Bonchev–Trinajstić information content (AvgIpc) is 2.41. The molecule has 0 amide bonds. The molecule has 0 saturated carbocycles. The Morgan fingerprint density at radius 1 is 0.900 bits per heavy atom. The van der Waals surface area contributed by atoms with Gasteiger partial charge in [-0.2, -0.15) is 8.42 Å². The molecule has 0 aromatic carbocycles. The van der Waals surface area contributed by atoms with E-state index in [9.17, 15) is 8.42 Å². The number of hydrogen-bond donors (Lipinski definition) is 1. The SMILES string of the molecule is CCCC[PH](C)(CCCC)CCCC.COS(=O)(=O)O. The summed E-state index contributed by atoms with van der Waals surface area (Å²) in [5, 5.41) is 0. The molecule has 0 aliphatic rings. The van der Waals surface area contributed by atoms with E-state index in [2.05, 4.69) is 31.6 Å². The van der Waals surface area contributed by atoms with Gasteiger partial charge in [-0.15, -0.1) is 0 Å². The third-order valence-corrected chi connectivity index (χ3v) is 8.72. The van der Waals surface area contributed by atoms with Crippen molar-refractivity contribution in [3.63, 3.8) is 0 Å². The Balaban J connectivity index is 0. The molecule has 1 N–H and O–H groups in total. The topological polar surface area (TPSA) is 63.6 Å². The molecule has 126 valence electrons. The maximum atomic E-state index is 9.33. The minimum atomic E-state index is -4.16. The van der Waals surface area contributed by atoms with Gasteiger partial charge in [-0.3, -0.25) is 8.74 Å². The molecule has 0 heterocycles. The van der Waals surface area contributed by atoms with Crippen molar-refractivity contribution in [2.24, 2.45) is 0 Å². The summed E-state index contributed by atoms with van der Waals surface area (Å²) in [6.07, 6.45) is 13.4. The molecule has 0 spiro atoms. The van der Waals surface area contributed by atoms with Gasteiger partial charge in [0.2, 0.25) is 0 Å². The minimum Gasteiger partial charge on any atom is -0.264 e. The van der Waals surface area contributed by atoms with Crippen LogP contribution in [-0.2, 0) is 14.6 Å². The summed E-state index contributed by atoms with van der Waals surface area (Å²) >= 11 is 0. The molecular weight excluding hydrogens is 295 g/mol. The van der Waals surface area contributed by atoms with Crippen molar-refractivity contribution < 1.29 is 17.2 Å². The van der Waals surface area contributed by atoms with Gasteiger partial charge in [0.15, 0.2) is 0 Å². The zero-order valence-electron chi connectivity index (χ0n) is 13.9. The second kappa shape index (κ2) is 13.0. The van der Waals surface area contributed by atoms with Gasteiger partial charge in [-0.05, 0) is 0 Å². The largest absolute Gasteiger partial charge is 0.397 e. The molecule has 0 atom stereocenters. The van der Waals surface area contributed by atoms with Crippen LogP contribution in [0.2, 0.25) is 0 Å². The summed E-state index contributed by atoms with van der Waals surface area (Å²) in [5.74, 6) is 0. The van der Waals surface area contributed by atoms with E-state index in [4.69, 9.17) is 4.55 Å². The van der Waals surface area contributed by atoms with Gasteiger partial charge in [0.05, 0.1) is 7.11 Å². The predicted molar refractivity (Wildman–Crippen MR) is 92.1 cm³/mol. The van der Waals surface area contributed by atoms with Crippen molar-refractivity contribution in [3.8, 4) is 0 Å². The first-order valence-corrected chi connectivity index (χ1v) is 12.3. The summed E-state index contributed by atoms with van der Waals surface area (Å²) in [6.45, 7) is 9.63. The minimum absolute atomic E-state index is 0.812. The van der Waals surface area contributed by atoms with Gasteiger partial charge < -0.3 is 0 Å². The first-order valence-electron chi connectivity index (χ1n) is 7.77. The molecule has 0 bridgehead atoms. The van der Waals surface area contributed by atoms with E-state index in [-0.39, 0.29) is 0 Å². The van der Waals surface area contributed by atoms with Crippen molar-refractivity contribution in [3.05, 3.63) is 0 Å². The molecular formula is C14H35O4PS. The first kappa shape index (κ1) is 22.6. The molecule has 0 aliphatic carbocycles. The van der Waals surface area contributed by atoms with Crippen LogP contribution < -0.4 is 0 Å². The summed E-state index contributed by atoms with van der Waals surface area (Å²) in [5.41, 5.74) is 0. The van der Waals surface area contributed by atoms with Crippen LogP contribution in [0.5, 0.6) is 0 Å². The van der Waals surface area contributed by atoms with Gasteiger partial charge in [-0.25, -0.2) is 0 Å². The zero-order chi connectivity index (χ0) is 16.1. The van der Waals surface area contributed by atoms with Crippen molar-refractivity contribution in [1.82, 2.24) is 0 Å². The summed E-state index contributed by atoms with van der Waals surface area (Å²) in [7, 11) is -4.10. The Labute approximate surface area is 127 Å². The molecule has 6 heteroatoms. The van der Waals surface area contributed by atoms with Crippen molar-refractivity contribution >= 4 is 17.7 Å². The fourth-order valence-corrected chi connectivity index (χ4v) is 6.56. The Bertz CT molecular complexity index is 283. The Morgan fingerprint density at radius 2 is 1.15 bits per heavy atom. The van der Waals surface area contributed by atoms with Crippen molar-refractivity contribution in [2.75, 3.05) is 32.3 Å². The summed E-state index contributed by atoms with van der Waals surface area (Å²) in [4.78, 5) is 0. The molecule has 0 fully saturated rings. The van der Waals surface area contributed by atoms with Crippen molar-refractivity contribution in [1.29, 1.82) is 0 Å². The van der Waals surface area contributed by atoms with Gasteiger partial charge in [0.1, 0.15) is 0 Å². The van der Waals surface area contributed by atoms with E-state index in [1.54, 1.807) is 18.5 Å². The number of rotatable bonds is 10. The Kier molecular flexibility index (Phi) is 14.7. The smallest absolute Gasteiger partial charge is 0.264 e. The van der Waals surface area contributed by atoms with Crippen LogP contribution >= 0.6 is 7.26 Å². The van der Waals surface area contributed by atoms with Gasteiger partial charge in [-0.1, -0.05) is 0 Å². The molecule has 0 aromatic heterocycles. The zero-order valence-corrected chi connectivity index (χ0v) is 15.8. The van der Waals surface area contributed by atoms with E-state index in [0.717, 1.165) is 7.11 Å². The second-order valence-electron chi connectivity index (χ2n) is 5.72. The monoisotopic (exact) mass is 330 g/mol. The summed E-state index contributed by atoms with van der Waals surface area (Å²) in [6, 6.07) is 0. The standard InChI is InChI=1S/C13H31P.CH4O4S/c1-5-8-11-14(4,12-9-6-2)13-10-7-3;1-5-6(2,3)4/h14H,5-13H2,1-4H3;1H3,(H,2,3,4). The fraction of sp³-hybridized carbons (Fsp3) is 1.00. The molecule has 0 aliphatic heterocycles. The third kappa shape index (κ3) is 16.4. The normalized spacial score (nSPS) is 12.7. The van der Waals surface area contributed by atoms with Gasteiger partial charge in [0, 0.05) is 0 Å².